The number of carbonyl (C=O) groups is 3. The number of allylic oxidation sites excluding steroid dienone is 18. The Bertz CT molecular complexity index is 1590. The van der Waals surface area contributed by atoms with Crippen LogP contribution in [0.1, 0.15) is 232 Å². The number of carboxylic acids is 1. The van der Waals surface area contributed by atoms with E-state index in [0.717, 1.165) is 83.5 Å². The molecule has 0 saturated carbocycles. The fourth-order valence-electron chi connectivity index (χ4n) is 7.91. The molecule has 0 aromatic carbocycles. The Hall–Kier alpha value is -4.05. The number of rotatable bonds is 54. The number of quaternary nitrogens is 1. The van der Waals surface area contributed by atoms with E-state index >= 15 is 0 Å². The van der Waals surface area contributed by atoms with E-state index in [0.29, 0.717) is 17.4 Å². The first-order chi connectivity index (χ1) is 36.6. The zero-order valence-corrected chi connectivity index (χ0v) is 48.7. The average molecular weight is 1050 g/mol. The van der Waals surface area contributed by atoms with Crippen LogP contribution in [0.4, 0.5) is 0 Å². The SMILES string of the molecule is CC/C=C\C/C=C\C/C=C\C/C=C\C/C=C\C/C=C\C/C=C\C/C=C\CCCCC(=O)OC(COC(=O)CCCCCCCCCCCCC/C=C\CCCCCCCCCC)COC(OCC[N+](C)(C)C)C(=O)O. The summed E-state index contributed by atoms with van der Waals surface area (Å²) in [6, 6.07) is 0. The maximum absolute atomic E-state index is 12.9. The molecule has 0 bridgehead atoms. The summed E-state index contributed by atoms with van der Waals surface area (Å²) in [7, 11) is 5.95. The highest BCUT2D eigenvalue weighted by atomic mass is 16.7. The zero-order chi connectivity index (χ0) is 54.8. The van der Waals surface area contributed by atoms with E-state index in [2.05, 4.69) is 123 Å². The van der Waals surface area contributed by atoms with Gasteiger partial charge in [0.2, 0.25) is 0 Å². The molecule has 0 heterocycles. The third kappa shape index (κ3) is 57.5. The number of carboxylic acid groups (broad SMARTS) is 1. The molecule has 0 saturated heterocycles. The van der Waals surface area contributed by atoms with Gasteiger partial charge in [0.1, 0.15) is 13.2 Å². The lowest BCUT2D eigenvalue weighted by molar-refractivity contribution is -0.870. The minimum absolute atomic E-state index is 0.173. The highest BCUT2D eigenvalue weighted by Crippen LogP contribution is 2.15. The van der Waals surface area contributed by atoms with Crippen LogP contribution in [0.15, 0.2) is 109 Å². The molecule has 428 valence electrons. The van der Waals surface area contributed by atoms with Crippen molar-refractivity contribution in [2.45, 2.75) is 245 Å². The molecule has 0 radical (unpaired) electrons. The Morgan fingerprint density at radius 1 is 0.413 bits per heavy atom. The molecule has 0 aromatic heterocycles. The van der Waals surface area contributed by atoms with Crippen LogP contribution in [0.3, 0.4) is 0 Å². The summed E-state index contributed by atoms with van der Waals surface area (Å²) in [5.74, 6) is -2.07. The number of esters is 2. The predicted octanol–water partition coefficient (Wildman–Crippen LogP) is 17.9. The van der Waals surface area contributed by atoms with Crippen LogP contribution >= 0.6 is 0 Å². The van der Waals surface area contributed by atoms with Crippen LogP contribution < -0.4 is 0 Å². The van der Waals surface area contributed by atoms with Crippen LogP contribution in [-0.2, 0) is 33.3 Å². The second kappa shape index (κ2) is 56.2. The Morgan fingerprint density at radius 3 is 1.17 bits per heavy atom. The topological polar surface area (TPSA) is 108 Å². The minimum atomic E-state index is -1.53. The van der Waals surface area contributed by atoms with E-state index in [1.807, 2.05) is 21.1 Å². The van der Waals surface area contributed by atoms with Crippen LogP contribution in [0, 0.1) is 0 Å². The van der Waals surface area contributed by atoms with Gasteiger partial charge in [-0.3, -0.25) is 9.59 Å². The van der Waals surface area contributed by atoms with E-state index in [1.54, 1.807) is 0 Å². The maximum atomic E-state index is 12.9. The Morgan fingerprint density at radius 2 is 0.760 bits per heavy atom. The summed E-state index contributed by atoms with van der Waals surface area (Å²) < 4.78 is 22.8. The summed E-state index contributed by atoms with van der Waals surface area (Å²) in [6.45, 7) is 4.71. The van der Waals surface area contributed by atoms with Crippen molar-refractivity contribution in [1.82, 2.24) is 0 Å². The third-order valence-electron chi connectivity index (χ3n) is 12.5. The normalized spacial score (nSPS) is 13.6. The number of hydrogen-bond donors (Lipinski definition) is 1. The number of likely N-dealkylation sites (N-methyl/N-ethyl adjacent to an activating group) is 1. The monoisotopic (exact) mass is 1050 g/mol. The number of hydrogen-bond acceptors (Lipinski definition) is 7. The Kier molecular flexibility index (Phi) is 53.1. The van der Waals surface area contributed by atoms with Crippen LogP contribution in [0.2, 0.25) is 0 Å². The summed E-state index contributed by atoms with van der Waals surface area (Å²) in [6.07, 6.45) is 74.6. The van der Waals surface area contributed by atoms with Gasteiger partial charge >= 0.3 is 17.9 Å². The highest BCUT2D eigenvalue weighted by Gasteiger charge is 2.25. The molecule has 0 aromatic rings. The van der Waals surface area contributed by atoms with Crippen LogP contribution in [-0.4, -0.2) is 87.4 Å². The summed E-state index contributed by atoms with van der Waals surface area (Å²) in [4.78, 5) is 37.5. The Labute approximate surface area is 460 Å². The lowest BCUT2D eigenvalue weighted by atomic mass is 10.0. The van der Waals surface area contributed by atoms with E-state index in [-0.39, 0.29) is 38.6 Å². The number of ether oxygens (including phenoxy) is 4. The van der Waals surface area contributed by atoms with Crippen molar-refractivity contribution in [3.8, 4) is 0 Å². The second-order valence-electron chi connectivity index (χ2n) is 20.9. The van der Waals surface area contributed by atoms with Gasteiger partial charge in [0.15, 0.2) is 6.10 Å². The molecular formula is C66H112NO8+. The van der Waals surface area contributed by atoms with Gasteiger partial charge < -0.3 is 28.5 Å². The summed E-state index contributed by atoms with van der Waals surface area (Å²) in [5, 5.41) is 9.71. The lowest BCUT2D eigenvalue weighted by Gasteiger charge is -2.25. The van der Waals surface area contributed by atoms with E-state index in [9.17, 15) is 19.5 Å². The predicted molar refractivity (Wildman–Crippen MR) is 318 cm³/mol. The van der Waals surface area contributed by atoms with Crippen molar-refractivity contribution in [1.29, 1.82) is 0 Å². The molecule has 0 spiro atoms. The second-order valence-corrected chi connectivity index (χ2v) is 20.9. The largest absolute Gasteiger partial charge is 0.477 e. The van der Waals surface area contributed by atoms with Crippen molar-refractivity contribution in [2.24, 2.45) is 0 Å². The number of carbonyl (C=O) groups excluding carboxylic acids is 2. The molecule has 0 amide bonds. The summed E-state index contributed by atoms with van der Waals surface area (Å²) >= 11 is 0. The Balaban J connectivity index is 4.35. The van der Waals surface area contributed by atoms with E-state index < -0.39 is 24.3 Å². The van der Waals surface area contributed by atoms with Crippen molar-refractivity contribution in [2.75, 3.05) is 47.5 Å². The minimum Gasteiger partial charge on any atom is -0.477 e. The molecule has 0 rings (SSSR count). The van der Waals surface area contributed by atoms with Gasteiger partial charge in [-0.2, -0.15) is 0 Å². The molecular weight excluding hydrogens is 935 g/mol. The molecule has 0 aliphatic heterocycles. The first-order valence-electron chi connectivity index (χ1n) is 30.1. The molecule has 9 nitrogen and oxygen atoms in total. The van der Waals surface area contributed by atoms with E-state index in [1.165, 1.54) is 116 Å². The van der Waals surface area contributed by atoms with Crippen molar-refractivity contribution < 1.29 is 42.9 Å². The fourth-order valence-corrected chi connectivity index (χ4v) is 7.91. The maximum Gasteiger partial charge on any atom is 0.361 e. The van der Waals surface area contributed by atoms with Crippen molar-refractivity contribution in [3.63, 3.8) is 0 Å². The van der Waals surface area contributed by atoms with Crippen molar-refractivity contribution in [3.05, 3.63) is 109 Å². The lowest BCUT2D eigenvalue weighted by Crippen LogP contribution is -2.40. The molecule has 9 heteroatoms. The fraction of sp³-hybridized carbons (Fsp3) is 0.682. The number of unbranched alkanes of at least 4 members (excludes halogenated alkanes) is 21. The highest BCUT2D eigenvalue weighted by molar-refractivity contribution is 5.71. The van der Waals surface area contributed by atoms with Gasteiger partial charge in [0.25, 0.3) is 6.29 Å². The molecule has 2 atom stereocenters. The van der Waals surface area contributed by atoms with Crippen LogP contribution in [0.25, 0.3) is 0 Å². The van der Waals surface area contributed by atoms with E-state index in [4.69, 9.17) is 18.9 Å². The molecule has 2 unspecified atom stereocenters. The van der Waals surface area contributed by atoms with Gasteiger partial charge in [-0.05, 0) is 103 Å². The smallest absolute Gasteiger partial charge is 0.361 e. The quantitative estimate of drug-likeness (QED) is 0.0211. The molecule has 0 aliphatic carbocycles. The molecule has 0 aliphatic rings. The van der Waals surface area contributed by atoms with Crippen molar-refractivity contribution >= 4 is 17.9 Å². The first-order valence-corrected chi connectivity index (χ1v) is 30.1. The molecule has 0 fully saturated rings. The zero-order valence-electron chi connectivity index (χ0n) is 48.7. The van der Waals surface area contributed by atoms with Gasteiger partial charge in [-0.1, -0.05) is 226 Å². The van der Waals surface area contributed by atoms with Gasteiger partial charge in [-0.15, -0.1) is 0 Å². The standard InChI is InChI=1S/C66H111NO8/c1-6-8-10-12-14-16-18-20-22-24-26-28-30-31-32-33-35-37-39-41-43-45-47-49-51-53-55-57-64(69)75-62(61-74-66(65(70)71)72-59-58-67(3,4)5)60-73-63(68)56-54-52-50-48-46-44-42-40-38-36-34-29-27-25-23-21-19-17-15-13-11-9-7-2/h8,10,14,16,20,22,25-28,31-32,35,37,41,43,47,49,62,66H,6-7,9,11-13,15,17-19,21,23-24,29-30,33-34,36,38-40,42,44-46,48,50-61H2,1-5H3/p+1/b10-8-,16-14-,22-20-,27-25-,28-26-,32-31-,37-35-,43-41-,49-47-. The average Bonchev–Trinajstić information content (AvgIpc) is 3.38. The third-order valence-corrected chi connectivity index (χ3v) is 12.5. The van der Waals surface area contributed by atoms with Gasteiger partial charge in [0, 0.05) is 12.8 Å². The number of aliphatic carboxylic acids is 1. The number of nitrogens with zero attached hydrogens (tertiary/aromatic N) is 1. The molecule has 1 N–H and O–H groups in total. The van der Waals surface area contributed by atoms with Gasteiger partial charge in [0.05, 0.1) is 34.4 Å². The molecule has 75 heavy (non-hydrogen) atoms. The van der Waals surface area contributed by atoms with Crippen LogP contribution in [0.5, 0.6) is 0 Å². The summed E-state index contributed by atoms with van der Waals surface area (Å²) in [5.41, 5.74) is 0. The van der Waals surface area contributed by atoms with Gasteiger partial charge in [-0.25, -0.2) is 4.79 Å². The first kappa shape index (κ1) is 71.0.